The molecule has 0 unspecified atom stereocenters. The number of hydrogen-bond acceptors (Lipinski definition) is 2. The van der Waals surface area contributed by atoms with E-state index in [0.717, 1.165) is 19.3 Å². The monoisotopic (exact) mass is 284 g/mol. The first-order valence-corrected chi connectivity index (χ1v) is 5.55. The Labute approximate surface area is 87.8 Å². The van der Waals surface area contributed by atoms with E-state index < -0.39 is 6.10 Å². The van der Waals surface area contributed by atoms with Crippen LogP contribution in [0.2, 0.25) is 0 Å². The number of aliphatic hydroxyl groups is 2. The molecule has 0 saturated carbocycles. The predicted molar refractivity (Wildman–Crippen MR) is 59.6 cm³/mol. The van der Waals surface area contributed by atoms with Crippen LogP contribution >= 0.6 is 22.6 Å². The van der Waals surface area contributed by atoms with Gasteiger partial charge < -0.3 is 10.2 Å². The summed E-state index contributed by atoms with van der Waals surface area (Å²) >= 11 is 2.18. The zero-order valence-corrected chi connectivity index (χ0v) is 9.57. The summed E-state index contributed by atoms with van der Waals surface area (Å²) in [5.41, 5.74) is 0. The molecule has 72 valence electrons. The molecule has 0 aromatic carbocycles. The number of rotatable bonds is 6. The van der Waals surface area contributed by atoms with Gasteiger partial charge in [0, 0.05) is 3.92 Å². The average molecular weight is 284 g/mol. The van der Waals surface area contributed by atoms with Crippen molar-refractivity contribution in [3.8, 4) is 0 Å². The van der Waals surface area contributed by atoms with Crippen LogP contribution in [0.3, 0.4) is 0 Å². The van der Waals surface area contributed by atoms with Gasteiger partial charge in [0.05, 0.1) is 12.7 Å². The minimum Gasteiger partial charge on any atom is -0.394 e. The predicted octanol–water partition coefficient (Wildman–Crippen LogP) is 1.89. The van der Waals surface area contributed by atoms with Crippen LogP contribution in [0.5, 0.6) is 0 Å². The van der Waals surface area contributed by atoms with E-state index in [9.17, 15) is 5.11 Å². The van der Waals surface area contributed by atoms with Crippen LogP contribution in [0, 0.1) is 0 Å². The van der Waals surface area contributed by atoms with Gasteiger partial charge in [-0.15, -0.1) is 0 Å². The number of halogens is 1. The summed E-state index contributed by atoms with van der Waals surface area (Å²) in [6.07, 6.45) is 6.65. The van der Waals surface area contributed by atoms with Gasteiger partial charge in [-0.3, -0.25) is 0 Å². The van der Waals surface area contributed by atoms with Crippen molar-refractivity contribution in [3.63, 3.8) is 0 Å². The van der Waals surface area contributed by atoms with E-state index in [1.165, 1.54) is 0 Å². The fourth-order valence-electron chi connectivity index (χ4n) is 0.847. The second kappa shape index (κ2) is 8.01. The van der Waals surface area contributed by atoms with Crippen molar-refractivity contribution in [1.82, 2.24) is 0 Å². The number of allylic oxidation sites excluding steroid dienone is 2. The Morgan fingerprint density at radius 2 is 2.08 bits per heavy atom. The molecular weight excluding hydrogens is 267 g/mol. The highest BCUT2D eigenvalue weighted by Gasteiger charge is 2.12. The maximum Gasteiger partial charge on any atom is 0.0888 e. The molecule has 0 aliphatic carbocycles. The van der Waals surface area contributed by atoms with Gasteiger partial charge in [0.1, 0.15) is 0 Å². The Morgan fingerprint density at radius 3 is 2.58 bits per heavy atom. The van der Waals surface area contributed by atoms with Crippen molar-refractivity contribution in [2.24, 2.45) is 0 Å². The van der Waals surface area contributed by atoms with E-state index in [4.69, 9.17) is 5.11 Å². The van der Waals surface area contributed by atoms with Gasteiger partial charge in [-0.25, -0.2) is 0 Å². The van der Waals surface area contributed by atoms with Gasteiger partial charge >= 0.3 is 0 Å². The van der Waals surface area contributed by atoms with E-state index >= 15 is 0 Å². The van der Waals surface area contributed by atoms with Gasteiger partial charge in [-0.1, -0.05) is 41.7 Å². The van der Waals surface area contributed by atoms with E-state index in [1.807, 2.05) is 0 Å². The first-order chi connectivity index (χ1) is 5.72. The highest BCUT2D eigenvalue weighted by atomic mass is 127. The summed E-state index contributed by atoms with van der Waals surface area (Å²) in [6.45, 7) is 1.96. The van der Waals surface area contributed by atoms with E-state index in [0.29, 0.717) is 0 Å². The van der Waals surface area contributed by atoms with Crippen LogP contribution in [-0.2, 0) is 0 Å². The third-order valence-electron chi connectivity index (χ3n) is 1.62. The van der Waals surface area contributed by atoms with Gasteiger partial charge in [0.25, 0.3) is 0 Å². The molecule has 0 radical (unpaired) electrons. The number of aliphatic hydroxyl groups excluding tert-OH is 2. The Morgan fingerprint density at radius 1 is 1.42 bits per heavy atom. The van der Waals surface area contributed by atoms with E-state index in [2.05, 4.69) is 41.7 Å². The molecule has 2 atom stereocenters. The minimum atomic E-state index is -0.569. The summed E-state index contributed by atoms with van der Waals surface area (Å²) in [5, 5.41) is 17.8. The van der Waals surface area contributed by atoms with Gasteiger partial charge in [-0.05, 0) is 19.3 Å². The molecule has 12 heavy (non-hydrogen) atoms. The molecule has 0 spiro atoms. The normalized spacial score (nSPS) is 16.7. The summed E-state index contributed by atoms with van der Waals surface area (Å²) < 4.78 is 0.161. The highest BCUT2D eigenvalue weighted by Crippen LogP contribution is 2.13. The van der Waals surface area contributed by atoms with Crippen LogP contribution in [0.1, 0.15) is 26.2 Å². The standard InChI is InChI=1S/C9H17IO2/c1-2-3-4-5-6-8(10)9(12)7-11/h3-4,8-9,11-12H,2,5-7H2,1H3/b4-3-/t8-,9+/m0/s1. The maximum absolute atomic E-state index is 9.20. The van der Waals surface area contributed by atoms with Crippen LogP contribution in [0.25, 0.3) is 0 Å². The van der Waals surface area contributed by atoms with Gasteiger partial charge in [0.2, 0.25) is 0 Å². The summed E-state index contributed by atoms with van der Waals surface area (Å²) in [7, 11) is 0. The Kier molecular flexibility index (Phi) is 8.27. The average Bonchev–Trinajstić information content (AvgIpc) is 2.10. The van der Waals surface area contributed by atoms with Crippen LogP contribution in [-0.4, -0.2) is 26.8 Å². The molecule has 0 aromatic heterocycles. The molecule has 3 heteroatoms. The molecular formula is C9H17IO2. The summed E-state index contributed by atoms with van der Waals surface area (Å²) in [5.74, 6) is 0. The lowest BCUT2D eigenvalue weighted by molar-refractivity contribution is 0.0950. The third kappa shape index (κ3) is 5.97. The van der Waals surface area contributed by atoms with Crippen molar-refractivity contribution in [3.05, 3.63) is 12.2 Å². The van der Waals surface area contributed by atoms with E-state index in [-0.39, 0.29) is 10.5 Å². The van der Waals surface area contributed by atoms with E-state index in [1.54, 1.807) is 0 Å². The highest BCUT2D eigenvalue weighted by molar-refractivity contribution is 14.1. The maximum atomic E-state index is 9.20. The second-order valence-corrected chi connectivity index (χ2v) is 4.32. The van der Waals surface area contributed by atoms with Crippen molar-refractivity contribution in [2.45, 2.75) is 36.2 Å². The van der Waals surface area contributed by atoms with Crippen molar-refractivity contribution >= 4 is 22.6 Å². The Balaban J connectivity index is 3.43. The molecule has 0 aliphatic heterocycles. The molecule has 0 fully saturated rings. The Hall–Kier alpha value is 0.390. The second-order valence-electron chi connectivity index (χ2n) is 2.72. The quantitative estimate of drug-likeness (QED) is 0.444. The smallest absolute Gasteiger partial charge is 0.0888 e. The first-order valence-electron chi connectivity index (χ1n) is 4.30. The fourth-order valence-corrected chi connectivity index (χ4v) is 1.43. The summed E-state index contributed by atoms with van der Waals surface area (Å²) in [6, 6.07) is 0. The van der Waals surface area contributed by atoms with Crippen LogP contribution < -0.4 is 0 Å². The number of alkyl halides is 1. The number of hydrogen-bond donors (Lipinski definition) is 2. The summed E-state index contributed by atoms with van der Waals surface area (Å²) in [4.78, 5) is 0. The van der Waals surface area contributed by atoms with Gasteiger partial charge in [0.15, 0.2) is 0 Å². The van der Waals surface area contributed by atoms with Crippen LogP contribution in [0.4, 0.5) is 0 Å². The topological polar surface area (TPSA) is 40.5 Å². The molecule has 0 aromatic rings. The third-order valence-corrected chi connectivity index (χ3v) is 3.07. The van der Waals surface area contributed by atoms with Crippen molar-refractivity contribution in [1.29, 1.82) is 0 Å². The lowest BCUT2D eigenvalue weighted by Crippen LogP contribution is -2.23. The first kappa shape index (κ1) is 12.4. The zero-order chi connectivity index (χ0) is 9.40. The minimum absolute atomic E-state index is 0.134. The molecule has 0 amide bonds. The van der Waals surface area contributed by atoms with Crippen molar-refractivity contribution in [2.75, 3.05) is 6.61 Å². The molecule has 2 nitrogen and oxygen atoms in total. The molecule has 0 aliphatic rings. The molecule has 0 rings (SSSR count). The van der Waals surface area contributed by atoms with Crippen LogP contribution in [0.15, 0.2) is 12.2 Å². The Bertz CT molecular complexity index is 126. The molecule has 2 N–H and O–H groups in total. The molecule has 0 heterocycles. The SMILES string of the molecule is CC/C=C\CC[C@H](I)[C@H](O)CO. The lowest BCUT2D eigenvalue weighted by atomic mass is 10.1. The largest absolute Gasteiger partial charge is 0.394 e. The molecule has 0 saturated heterocycles. The fraction of sp³-hybridized carbons (Fsp3) is 0.778. The zero-order valence-electron chi connectivity index (χ0n) is 7.41. The lowest BCUT2D eigenvalue weighted by Gasteiger charge is -2.13. The van der Waals surface area contributed by atoms with Gasteiger partial charge in [-0.2, -0.15) is 0 Å². The van der Waals surface area contributed by atoms with Crippen molar-refractivity contribution < 1.29 is 10.2 Å². The molecule has 0 bridgehead atoms.